The van der Waals surface area contributed by atoms with Gasteiger partial charge in [0.25, 0.3) is 0 Å². The standard InChI is InChI=1S/C58H105NO10/c1-4-7-10-13-16-19-22-25-26-28-31-34-37-40-43-46-53(63)69-56-55(65)54(64)52(47-60)68-58(56)67-48-49(50(61)44-41-38-35-32-30-27-23-20-17-14-11-8-5-2)59-57(66)51(62)45-42-39-36-33-29-24-21-18-15-12-9-6-3/h9,12,15,18,21,24,41,44,49-52,54-56,58,60-62,64-65H,4-8,10-11,13-14,16-17,19-20,22-23,25-40,42-43,45-48H2,1-3H3,(H,59,66)/b12-9+,18-15+,24-21-,44-41+. The van der Waals surface area contributed by atoms with Crippen molar-refractivity contribution < 1.29 is 49.3 Å². The first-order valence-electron chi connectivity index (χ1n) is 28.4. The number of esters is 1. The van der Waals surface area contributed by atoms with Crippen molar-refractivity contribution in [2.24, 2.45) is 0 Å². The molecule has 1 amide bonds. The number of aliphatic hydroxyl groups excluding tert-OH is 5. The molecule has 0 spiro atoms. The summed E-state index contributed by atoms with van der Waals surface area (Å²) in [5.41, 5.74) is 0. The SMILES string of the molecule is CC/C=C/C=C/C=C\CCCCCCC(O)C(=O)NC(COC1OC(CO)C(O)C(O)C1OC(=O)CCCCCCCCCCCCCCCCC)C(O)/C=C/CCCCCCCCCCCCC. The maximum atomic E-state index is 13.3. The second-order valence-corrected chi connectivity index (χ2v) is 19.7. The lowest BCUT2D eigenvalue weighted by molar-refractivity contribution is -0.305. The van der Waals surface area contributed by atoms with Crippen LogP contribution in [0.15, 0.2) is 48.6 Å². The van der Waals surface area contributed by atoms with Gasteiger partial charge in [-0.05, 0) is 44.9 Å². The Balaban J connectivity index is 2.75. The molecule has 11 heteroatoms. The number of ether oxygens (including phenoxy) is 3. The Morgan fingerprint density at radius 1 is 0.580 bits per heavy atom. The Kier molecular flexibility index (Phi) is 43.7. The first kappa shape index (κ1) is 64.6. The molecule has 0 aromatic heterocycles. The first-order chi connectivity index (χ1) is 33.7. The molecule has 1 rings (SSSR count). The van der Waals surface area contributed by atoms with E-state index in [-0.39, 0.29) is 19.4 Å². The second-order valence-electron chi connectivity index (χ2n) is 19.7. The van der Waals surface area contributed by atoms with Crippen LogP contribution in [0.4, 0.5) is 0 Å². The first-order valence-corrected chi connectivity index (χ1v) is 28.4. The summed E-state index contributed by atoms with van der Waals surface area (Å²) in [7, 11) is 0. The molecule has 1 saturated heterocycles. The van der Waals surface area contributed by atoms with Crippen LogP contribution in [0.1, 0.15) is 245 Å². The summed E-state index contributed by atoms with van der Waals surface area (Å²) in [5, 5.41) is 56.7. The van der Waals surface area contributed by atoms with Crippen molar-refractivity contribution in [3.63, 3.8) is 0 Å². The highest BCUT2D eigenvalue weighted by molar-refractivity contribution is 5.80. The van der Waals surface area contributed by atoms with E-state index in [1.165, 1.54) is 128 Å². The lowest BCUT2D eigenvalue weighted by Crippen LogP contribution is -2.61. The Morgan fingerprint density at radius 3 is 1.55 bits per heavy atom. The Hall–Kier alpha value is -2.38. The summed E-state index contributed by atoms with van der Waals surface area (Å²) >= 11 is 0. The molecule has 8 unspecified atom stereocenters. The van der Waals surface area contributed by atoms with Crippen LogP contribution in [0, 0.1) is 0 Å². The molecule has 0 saturated carbocycles. The van der Waals surface area contributed by atoms with Crippen molar-refractivity contribution >= 4 is 11.9 Å². The average molecular weight is 976 g/mol. The van der Waals surface area contributed by atoms with Crippen LogP contribution in [-0.4, -0.2) is 99.6 Å². The van der Waals surface area contributed by atoms with Gasteiger partial charge in [-0.1, -0.05) is 243 Å². The number of aliphatic hydroxyl groups is 5. The largest absolute Gasteiger partial charge is 0.454 e. The molecular weight excluding hydrogens is 871 g/mol. The van der Waals surface area contributed by atoms with Crippen LogP contribution in [0.2, 0.25) is 0 Å². The zero-order chi connectivity index (χ0) is 50.4. The number of hydrogen-bond donors (Lipinski definition) is 6. The molecule has 8 atom stereocenters. The Morgan fingerprint density at radius 2 is 1.04 bits per heavy atom. The highest BCUT2D eigenvalue weighted by Crippen LogP contribution is 2.26. The molecule has 69 heavy (non-hydrogen) atoms. The zero-order valence-corrected chi connectivity index (χ0v) is 44.2. The molecule has 0 aromatic rings. The summed E-state index contributed by atoms with van der Waals surface area (Å²) in [5.74, 6) is -1.21. The maximum Gasteiger partial charge on any atom is 0.306 e. The quantitative estimate of drug-likeness (QED) is 0.0149. The molecule has 1 heterocycles. The van der Waals surface area contributed by atoms with Gasteiger partial charge in [-0.3, -0.25) is 9.59 Å². The van der Waals surface area contributed by atoms with Gasteiger partial charge >= 0.3 is 5.97 Å². The predicted octanol–water partition coefficient (Wildman–Crippen LogP) is 12.5. The number of hydrogen-bond acceptors (Lipinski definition) is 10. The Bertz CT molecular complexity index is 1300. The third-order valence-corrected chi connectivity index (χ3v) is 13.3. The molecule has 0 aromatic carbocycles. The van der Waals surface area contributed by atoms with Gasteiger partial charge in [0.15, 0.2) is 12.4 Å². The van der Waals surface area contributed by atoms with E-state index in [2.05, 4.69) is 38.2 Å². The third kappa shape index (κ3) is 35.4. The van der Waals surface area contributed by atoms with Gasteiger partial charge in [0.05, 0.1) is 25.4 Å². The van der Waals surface area contributed by atoms with E-state index in [0.717, 1.165) is 70.6 Å². The van der Waals surface area contributed by atoms with Crippen LogP contribution < -0.4 is 5.32 Å². The van der Waals surface area contributed by atoms with Gasteiger partial charge in [0.1, 0.15) is 24.4 Å². The number of carbonyl (C=O) groups excluding carboxylic acids is 2. The van der Waals surface area contributed by atoms with Crippen LogP contribution in [0.5, 0.6) is 0 Å². The molecule has 402 valence electrons. The minimum atomic E-state index is -1.61. The number of nitrogens with one attached hydrogen (secondary N) is 1. The second kappa shape index (κ2) is 46.7. The van der Waals surface area contributed by atoms with Crippen molar-refractivity contribution in [2.45, 2.75) is 294 Å². The minimum absolute atomic E-state index is 0.124. The lowest BCUT2D eigenvalue weighted by Gasteiger charge is -2.41. The fourth-order valence-electron chi connectivity index (χ4n) is 8.77. The number of unbranched alkanes of at least 4 members (excludes halogenated alkanes) is 29. The van der Waals surface area contributed by atoms with Crippen molar-refractivity contribution in [2.75, 3.05) is 13.2 Å². The highest BCUT2D eigenvalue weighted by atomic mass is 16.7. The molecule has 11 nitrogen and oxygen atoms in total. The fraction of sp³-hybridized carbons (Fsp3) is 0.828. The molecule has 1 aliphatic heterocycles. The minimum Gasteiger partial charge on any atom is -0.454 e. The third-order valence-electron chi connectivity index (χ3n) is 13.3. The number of rotatable bonds is 47. The van der Waals surface area contributed by atoms with E-state index in [4.69, 9.17) is 14.2 Å². The Labute approximate surface area is 421 Å². The molecule has 6 N–H and O–H groups in total. The summed E-state index contributed by atoms with van der Waals surface area (Å²) in [6.45, 7) is 5.63. The topological polar surface area (TPSA) is 175 Å². The van der Waals surface area contributed by atoms with Crippen molar-refractivity contribution in [3.8, 4) is 0 Å². The van der Waals surface area contributed by atoms with Gasteiger partial charge in [-0.25, -0.2) is 0 Å². The molecule has 0 radical (unpaired) electrons. The van der Waals surface area contributed by atoms with E-state index in [0.29, 0.717) is 12.8 Å². The lowest BCUT2D eigenvalue weighted by atomic mass is 9.99. The van der Waals surface area contributed by atoms with Crippen LogP contribution in [-0.2, 0) is 23.8 Å². The number of allylic oxidation sites excluding steroid dienone is 7. The highest BCUT2D eigenvalue weighted by Gasteiger charge is 2.47. The normalized spacial score (nSPS) is 20.1. The monoisotopic (exact) mass is 976 g/mol. The van der Waals surface area contributed by atoms with Crippen LogP contribution in [0.25, 0.3) is 0 Å². The van der Waals surface area contributed by atoms with Crippen LogP contribution >= 0.6 is 0 Å². The number of carbonyl (C=O) groups is 2. The van der Waals surface area contributed by atoms with Crippen molar-refractivity contribution in [3.05, 3.63) is 48.6 Å². The zero-order valence-electron chi connectivity index (χ0n) is 44.2. The summed E-state index contributed by atoms with van der Waals surface area (Å²) < 4.78 is 17.6. The van der Waals surface area contributed by atoms with Gasteiger partial charge in [0, 0.05) is 6.42 Å². The molecule has 1 aliphatic rings. The molecule has 0 bridgehead atoms. The van der Waals surface area contributed by atoms with E-state index in [1.807, 2.05) is 30.4 Å². The van der Waals surface area contributed by atoms with Crippen LogP contribution in [0.3, 0.4) is 0 Å². The van der Waals surface area contributed by atoms with Crippen molar-refractivity contribution in [1.82, 2.24) is 5.32 Å². The van der Waals surface area contributed by atoms with Crippen molar-refractivity contribution in [1.29, 1.82) is 0 Å². The fourth-order valence-corrected chi connectivity index (χ4v) is 8.77. The van der Waals surface area contributed by atoms with Gasteiger partial charge < -0.3 is 45.1 Å². The molecule has 0 aliphatic carbocycles. The van der Waals surface area contributed by atoms with Gasteiger partial charge in [0.2, 0.25) is 5.91 Å². The summed E-state index contributed by atoms with van der Waals surface area (Å²) in [4.78, 5) is 26.4. The van der Waals surface area contributed by atoms with E-state index < -0.39 is 67.4 Å². The summed E-state index contributed by atoms with van der Waals surface area (Å²) in [6, 6.07) is -1.03. The molecular formula is C58H105NO10. The maximum absolute atomic E-state index is 13.3. The van der Waals surface area contributed by atoms with E-state index in [9.17, 15) is 35.1 Å². The average Bonchev–Trinajstić information content (AvgIpc) is 3.34. The summed E-state index contributed by atoms with van der Waals surface area (Å²) in [6.07, 6.45) is 44.4. The van der Waals surface area contributed by atoms with Gasteiger partial charge in [-0.2, -0.15) is 0 Å². The van der Waals surface area contributed by atoms with E-state index in [1.54, 1.807) is 6.08 Å². The van der Waals surface area contributed by atoms with Gasteiger partial charge in [-0.15, -0.1) is 0 Å². The predicted molar refractivity (Wildman–Crippen MR) is 283 cm³/mol. The number of amides is 1. The van der Waals surface area contributed by atoms with E-state index >= 15 is 0 Å². The molecule has 1 fully saturated rings. The smallest absolute Gasteiger partial charge is 0.306 e.